The molecule has 1 aliphatic heterocycles. The van der Waals surface area contributed by atoms with E-state index in [-0.39, 0.29) is 48.8 Å². The number of carbonyl (C=O) groups excluding carboxylic acids is 2. The summed E-state index contributed by atoms with van der Waals surface area (Å²) >= 11 is 6.23. The summed E-state index contributed by atoms with van der Waals surface area (Å²) in [6, 6.07) is 6.76. The van der Waals surface area contributed by atoms with E-state index in [1.807, 2.05) is 39.0 Å². The zero-order valence-corrected chi connectivity index (χ0v) is 16.8. The van der Waals surface area contributed by atoms with Crippen LogP contribution in [0.25, 0.3) is 0 Å². The van der Waals surface area contributed by atoms with E-state index in [2.05, 4.69) is 5.32 Å². The Bertz CT molecular complexity index is 627. The van der Waals surface area contributed by atoms with Crippen molar-refractivity contribution >= 4 is 35.8 Å². The number of morpholine rings is 1. The molecule has 0 saturated carbocycles. The lowest BCUT2D eigenvalue weighted by Crippen LogP contribution is -2.53. The number of ether oxygens (including phenoxy) is 1. The number of carbonyl (C=O) groups is 2. The van der Waals surface area contributed by atoms with Gasteiger partial charge in [0.2, 0.25) is 11.8 Å². The van der Waals surface area contributed by atoms with Crippen LogP contribution < -0.4 is 11.1 Å². The molecule has 1 fully saturated rings. The molecule has 1 saturated heterocycles. The van der Waals surface area contributed by atoms with Gasteiger partial charge < -0.3 is 20.7 Å². The van der Waals surface area contributed by atoms with Crippen LogP contribution in [0, 0.1) is 5.92 Å². The van der Waals surface area contributed by atoms with Crippen molar-refractivity contribution in [3.05, 3.63) is 34.9 Å². The lowest BCUT2D eigenvalue weighted by Gasteiger charge is -2.38. The smallest absolute Gasteiger partial charge is 0.242 e. The van der Waals surface area contributed by atoms with Crippen LogP contribution in [0.5, 0.6) is 0 Å². The predicted octanol–water partition coefficient (Wildman–Crippen LogP) is 2.15. The molecule has 26 heavy (non-hydrogen) atoms. The van der Waals surface area contributed by atoms with E-state index in [9.17, 15) is 9.59 Å². The minimum Gasteiger partial charge on any atom is -0.369 e. The molecule has 2 amide bonds. The Morgan fingerprint density at radius 3 is 2.65 bits per heavy atom. The van der Waals surface area contributed by atoms with Crippen molar-refractivity contribution in [2.75, 3.05) is 19.7 Å². The van der Waals surface area contributed by atoms with E-state index in [0.717, 1.165) is 5.56 Å². The van der Waals surface area contributed by atoms with Gasteiger partial charge in [0.1, 0.15) is 6.10 Å². The highest BCUT2D eigenvalue weighted by atomic mass is 35.5. The van der Waals surface area contributed by atoms with Gasteiger partial charge in [-0.15, -0.1) is 12.4 Å². The van der Waals surface area contributed by atoms with Gasteiger partial charge in [0, 0.05) is 10.6 Å². The maximum atomic E-state index is 12.5. The van der Waals surface area contributed by atoms with Crippen LogP contribution in [0.4, 0.5) is 0 Å². The number of nitrogens with zero attached hydrogens (tertiary/aromatic N) is 1. The molecule has 1 aromatic rings. The molecule has 2 unspecified atom stereocenters. The summed E-state index contributed by atoms with van der Waals surface area (Å²) in [7, 11) is 0. The number of hydrogen-bond acceptors (Lipinski definition) is 4. The summed E-state index contributed by atoms with van der Waals surface area (Å²) in [5.74, 6) is -0.453. The summed E-state index contributed by atoms with van der Waals surface area (Å²) in [4.78, 5) is 26.2. The maximum absolute atomic E-state index is 12.5. The molecule has 8 heteroatoms. The fourth-order valence-corrected chi connectivity index (χ4v) is 2.97. The molecule has 0 spiro atoms. The molecule has 0 bridgehead atoms. The molecule has 2 rings (SSSR count). The Kier molecular flexibility index (Phi) is 8.83. The largest absolute Gasteiger partial charge is 0.369 e. The second-order valence-corrected chi connectivity index (χ2v) is 7.13. The van der Waals surface area contributed by atoms with Crippen LogP contribution >= 0.6 is 24.0 Å². The Morgan fingerprint density at radius 2 is 2.04 bits per heavy atom. The number of rotatable bonds is 5. The van der Waals surface area contributed by atoms with Crippen molar-refractivity contribution in [2.24, 2.45) is 11.7 Å². The predicted molar refractivity (Wildman–Crippen MR) is 104 cm³/mol. The van der Waals surface area contributed by atoms with Gasteiger partial charge in [0.15, 0.2) is 0 Å². The molecule has 3 atom stereocenters. The van der Waals surface area contributed by atoms with Gasteiger partial charge in [-0.2, -0.15) is 0 Å². The maximum Gasteiger partial charge on any atom is 0.242 e. The molecule has 0 aliphatic carbocycles. The fourth-order valence-electron chi connectivity index (χ4n) is 2.71. The Balaban J connectivity index is 0.00000338. The van der Waals surface area contributed by atoms with Gasteiger partial charge in [-0.05, 0) is 18.9 Å². The standard InChI is InChI=1S/C18H26ClN3O3.ClH/c1-11(2)17(20)18(24)21-8-16(23)22-9-15(25-10-12(22)3)13-6-4-5-7-14(13)19;/h4-7,11-12,15,17H,8-10,20H2,1-3H3,(H,21,24);1H/t12?,15?,17-;/m0./s1. The molecule has 6 nitrogen and oxygen atoms in total. The fraction of sp³-hybridized carbons (Fsp3) is 0.556. The third-order valence-electron chi connectivity index (χ3n) is 4.44. The highest BCUT2D eigenvalue weighted by Gasteiger charge is 2.31. The van der Waals surface area contributed by atoms with Crippen molar-refractivity contribution < 1.29 is 14.3 Å². The quantitative estimate of drug-likeness (QED) is 0.788. The molecule has 0 aromatic heterocycles. The summed E-state index contributed by atoms with van der Waals surface area (Å²) in [5.41, 5.74) is 6.66. The molecule has 1 heterocycles. The Morgan fingerprint density at radius 1 is 1.38 bits per heavy atom. The molecule has 146 valence electrons. The first kappa shape index (κ1) is 22.7. The van der Waals surface area contributed by atoms with Gasteiger partial charge in [-0.25, -0.2) is 0 Å². The number of nitrogens with two attached hydrogens (primary N) is 1. The number of nitrogens with one attached hydrogen (secondary N) is 1. The van der Waals surface area contributed by atoms with Crippen LogP contribution in [-0.2, 0) is 14.3 Å². The molecule has 0 radical (unpaired) electrons. The minimum absolute atomic E-state index is 0. The van der Waals surface area contributed by atoms with E-state index < -0.39 is 6.04 Å². The van der Waals surface area contributed by atoms with Crippen molar-refractivity contribution in [2.45, 2.75) is 39.0 Å². The highest BCUT2D eigenvalue weighted by Crippen LogP contribution is 2.29. The third-order valence-corrected chi connectivity index (χ3v) is 4.78. The van der Waals surface area contributed by atoms with Crippen molar-refractivity contribution in [1.29, 1.82) is 0 Å². The first-order valence-corrected chi connectivity index (χ1v) is 8.87. The monoisotopic (exact) mass is 403 g/mol. The molecule has 3 N–H and O–H groups in total. The number of amides is 2. The number of benzene rings is 1. The number of hydrogen-bond donors (Lipinski definition) is 2. The topological polar surface area (TPSA) is 84.7 Å². The number of halogens is 2. The van der Waals surface area contributed by atoms with E-state index in [4.69, 9.17) is 22.1 Å². The van der Waals surface area contributed by atoms with Crippen LogP contribution in [-0.4, -0.2) is 48.5 Å². The Labute approximate surface area is 165 Å². The van der Waals surface area contributed by atoms with Crippen molar-refractivity contribution in [1.82, 2.24) is 10.2 Å². The molecule has 1 aromatic carbocycles. The van der Waals surface area contributed by atoms with Crippen LogP contribution in [0.2, 0.25) is 5.02 Å². The third kappa shape index (κ3) is 5.58. The van der Waals surface area contributed by atoms with Gasteiger partial charge in [-0.1, -0.05) is 43.6 Å². The van der Waals surface area contributed by atoms with Gasteiger partial charge in [0.25, 0.3) is 0 Å². The van der Waals surface area contributed by atoms with Crippen LogP contribution in [0.3, 0.4) is 0 Å². The normalized spacial score (nSPS) is 21.1. The summed E-state index contributed by atoms with van der Waals surface area (Å²) in [6.07, 6.45) is -0.275. The second kappa shape index (κ2) is 10.1. The Hall–Kier alpha value is -1.34. The summed E-state index contributed by atoms with van der Waals surface area (Å²) in [5, 5.41) is 3.24. The van der Waals surface area contributed by atoms with Crippen LogP contribution in [0.1, 0.15) is 32.4 Å². The minimum atomic E-state index is -0.620. The van der Waals surface area contributed by atoms with E-state index in [0.29, 0.717) is 18.2 Å². The van der Waals surface area contributed by atoms with E-state index in [1.165, 1.54) is 0 Å². The van der Waals surface area contributed by atoms with E-state index in [1.54, 1.807) is 11.0 Å². The van der Waals surface area contributed by atoms with Gasteiger partial charge in [0.05, 0.1) is 31.8 Å². The summed E-state index contributed by atoms with van der Waals surface area (Å²) in [6.45, 7) is 6.40. The first-order chi connectivity index (χ1) is 11.8. The van der Waals surface area contributed by atoms with Gasteiger partial charge in [-0.3, -0.25) is 9.59 Å². The van der Waals surface area contributed by atoms with Crippen molar-refractivity contribution in [3.63, 3.8) is 0 Å². The molecular formula is C18H27Cl2N3O3. The average Bonchev–Trinajstić information content (AvgIpc) is 2.59. The van der Waals surface area contributed by atoms with E-state index >= 15 is 0 Å². The van der Waals surface area contributed by atoms with Crippen molar-refractivity contribution in [3.8, 4) is 0 Å². The zero-order chi connectivity index (χ0) is 18.6. The molecular weight excluding hydrogens is 377 g/mol. The SMILES string of the molecule is CC(C)[C@H](N)C(=O)NCC(=O)N1CC(c2ccccc2Cl)OCC1C.Cl. The zero-order valence-electron chi connectivity index (χ0n) is 15.3. The summed E-state index contributed by atoms with van der Waals surface area (Å²) < 4.78 is 5.85. The lowest BCUT2D eigenvalue weighted by molar-refractivity contribution is -0.144. The van der Waals surface area contributed by atoms with Crippen LogP contribution in [0.15, 0.2) is 24.3 Å². The highest BCUT2D eigenvalue weighted by molar-refractivity contribution is 6.31. The van der Waals surface area contributed by atoms with Gasteiger partial charge >= 0.3 is 0 Å². The second-order valence-electron chi connectivity index (χ2n) is 6.73. The lowest BCUT2D eigenvalue weighted by atomic mass is 10.0. The first-order valence-electron chi connectivity index (χ1n) is 8.50. The average molecular weight is 404 g/mol. The molecule has 1 aliphatic rings.